The van der Waals surface area contributed by atoms with Crippen molar-refractivity contribution >= 4 is 5.91 Å². The van der Waals surface area contributed by atoms with Crippen molar-refractivity contribution in [1.29, 1.82) is 0 Å². The van der Waals surface area contributed by atoms with Gasteiger partial charge in [-0.3, -0.25) is 9.89 Å². The van der Waals surface area contributed by atoms with Crippen LogP contribution in [-0.2, 0) is 0 Å². The number of H-pyrrole nitrogens is 1. The fraction of sp³-hybridized carbons (Fsp3) is 0.500. The van der Waals surface area contributed by atoms with Crippen molar-refractivity contribution in [2.24, 2.45) is 0 Å². The highest BCUT2D eigenvalue weighted by Gasteiger charge is 2.31. The van der Waals surface area contributed by atoms with Gasteiger partial charge in [-0.1, -0.05) is 0 Å². The van der Waals surface area contributed by atoms with Crippen LogP contribution < -0.4 is 0 Å². The Morgan fingerprint density at radius 2 is 2.26 bits per heavy atom. The summed E-state index contributed by atoms with van der Waals surface area (Å²) in [4.78, 5) is 14.2. The molecule has 1 unspecified atom stereocenters. The zero-order valence-electron chi connectivity index (χ0n) is 13.1. The molecular formula is C16H21N3O4. The van der Waals surface area contributed by atoms with Gasteiger partial charge >= 0.3 is 0 Å². The highest BCUT2D eigenvalue weighted by Crippen LogP contribution is 2.24. The maximum absolute atomic E-state index is 12.6. The molecule has 124 valence electrons. The summed E-state index contributed by atoms with van der Waals surface area (Å²) in [6, 6.07) is 5.34. The number of carbonyl (C=O) groups excluding carboxylic acids is 1. The standard InChI is InChI=1S/C16H21N3O4/c1-11-3-4-14(23-11)12-9-13(18-17-12)15(21)19-7-2-5-16(22,10-20)6-8-19/h3-4,9,20,22H,2,5-8,10H2,1H3,(H,17,18). The quantitative estimate of drug-likeness (QED) is 0.792. The number of hydrogen-bond acceptors (Lipinski definition) is 5. The molecule has 3 N–H and O–H groups in total. The summed E-state index contributed by atoms with van der Waals surface area (Å²) in [5.74, 6) is 1.25. The third kappa shape index (κ3) is 3.30. The van der Waals surface area contributed by atoms with Crippen molar-refractivity contribution in [3.63, 3.8) is 0 Å². The number of amides is 1. The van der Waals surface area contributed by atoms with E-state index in [1.54, 1.807) is 11.0 Å². The van der Waals surface area contributed by atoms with E-state index in [0.717, 1.165) is 5.76 Å². The molecule has 7 heteroatoms. The van der Waals surface area contributed by atoms with Gasteiger partial charge < -0.3 is 19.5 Å². The predicted octanol–water partition coefficient (Wildman–Crippen LogP) is 1.33. The first-order valence-electron chi connectivity index (χ1n) is 7.75. The monoisotopic (exact) mass is 319 g/mol. The van der Waals surface area contributed by atoms with Crippen molar-refractivity contribution in [3.8, 4) is 11.5 Å². The first kappa shape index (κ1) is 15.8. The van der Waals surface area contributed by atoms with Crippen LogP contribution in [-0.4, -0.2) is 56.5 Å². The van der Waals surface area contributed by atoms with E-state index in [1.165, 1.54) is 0 Å². The van der Waals surface area contributed by atoms with E-state index in [2.05, 4.69) is 10.2 Å². The highest BCUT2D eigenvalue weighted by atomic mass is 16.3. The maximum Gasteiger partial charge on any atom is 0.274 e. The molecule has 1 aliphatic heterocycles. The first-order chi connectivity index (χ1) is 11.0. The fourth-order valence-corrected chi connectivity index (χ4v) is 2.84. The van der Waals surface area contributed by atoms with Crippen LogP contribution in [0.3, 0.4) is 0 Å². The Morgan fingerprint density at radius 3 is 2.96 bits per heavy atom. The third-order valence-electron chi connectivity index (χ3n) is 4.30. The summed E-state index contributed by atoms with van der Waals surface area (Å²) in [6.45, 7) is 2.52. The number of furan rings is 1. The maximum atomic E-state index is 12.6. The molecule has 1 amide bonds. The molecule has 0 radical (unpaired) electrons. The van der Waals surface area contributed by atoms with Gasteiger partial charge in [0.05, 0.1) is 12.2 Å². The normalized spacial score (nSPS) is 22.1. The van der Waals surface area contributed by atoms with E-state index in [1.807, 2.05) is 19.1 Å². The Hall–Kier alpha value is -2.12. The Morgan fingerprint density at radius 1 is 1.43 bits per heavy atom. The Labute approximate surface area is 133 Å². The van der Waals surface area contributed by atoms with Gasteiger partial charge in [0.25, 0.3) is 5.91 Å². The van der Waals surface area contributed by atoms with Gasteiger partial charge in [-0.05, 0) is 38.3 Å². The van der Waals surface area contributed by atoms with Crippen molar-refractivity contribution in [1.82, 2.24) is 15.1 Å². The Bertz CT molecular complexity index is 693. The Kier molecular flexibility index (Phi) is 4.23. The van der Waals surface area contributed by atoms with E-state index < -0.39 is 5.60 Å². The minimum Gasteiger partial charge on any atom is -0.460 e. The van der Waals surface area contributed by atoms with Gasteiger partial charge in [0.15, 0.2) is 11.5 Å². The molecule has 0 aromatic carbocycles. The number of likely N-dealkylation sites (tertiary alicyclic amines) is 1. The van der Waals surface area contributed by atoms with E-state index in [0.29, 0.717) is 49.5 Å². The summed E-state index contributed by atoms with van der Waals surface area (Å²) < 4.78 is 5.51. The van der Waals surface area contributed by atoms with Crippen molar-refractivity contribution < 1.29 is 19.4 Å². The summed E-state index contributed by atoms with van der Waals surface area (Å²) >= 11 is 0. The zero-order chi connectivity index (χ0) is 16.4. The van der Waals surface area contributed by atoms with Crippen LogP contribution in [0.2, 0.25) is 0 Å². The minimum absolute atomic E-state index is 0.182. The molecule has 1 atom stereocenters. The lowest BCUT2D eigenvalue weighted by molar-refractivity contribution is -0.0250. The van der Waals surface area contributed by atoms with Crippen LogP contribution in [0.4, 0.5) is 0 Å². The molecule has 0 saturated carbocycles. The van der Waals surface area contributed by atoms with Crippen molar-refractivity contribution in [3.05, 3.63) is 29.7 Å². The van der Waals surface area contributed by atoms with Gasteiger partial charge in [0.2, 0.25) is 0 Å². The van der Waals surface area contributed by atoms with Gasteiger partial charge in [-0.2, -0.15) is 5.10 Å². The SMILES string of the molecule is Cc1ccc(-c2cc(C(=O)N3CCCC(O)(CO)CC3)n[nH]2)o1. The zero-order valence-corrected chi connectivity index (χ0v) is 13.1. The van der Waals surface area contributed by atoms with Gasteiger partial charge in [0.1, 0.15) is 11.5 Å². The molecule has 1 saturated heterocycles. The van der Waals surface area contributed by atoms with E-state index in [4.69, 9.17) is 4.42 Å². The number of aromatic amines is 1. The molecule has 0 spiro atoms. The van der Waals surface area contributed by atoms with Crippen LogP contribution in [0.1, 0.15) is 35.5 Å². The molecule has 3 heterocycles. The number of aryl methyl sites for hydroxylation is 1. The lowest BCUT2D eigenvalue weighted by Crippen LogP contribution is -2.36. The van der Waals surface area contributed by atoms with Gasteiger partial charge in [0, 0.05) is 19.2 Å². The second kappa shape index (κ2) is 6.17. The van der Waals surface area contributed by atoms with Crippen LogP contribution in [0.15, 0.2) is 22.6 Å². The van der Waals surface area contributed by atoms with E-state index >= 15 is 0 Å². The van der Waals surface area contributed by atoms with Crippen LogP contribution >= 0.6 is 0 Å². The van der Waals surface area contributed by atoms with Crippen molar-refractivity contribution in [2.75, 3.05) is 19.7 Å². The summed E-state index contributed by atoms with van der Waals surface area (Å²) in [6.07, 6.45) is 1.51. The second-order valence-electron chi connectivity index (χ2n) is 6.11. The molecule has 2 aromatic rings. The number of nitrogens with one attached hydrogen (secondary N) is 1. The van der Waals surface area contributed by atoms with E-state index in [-0.39, 0.29) is 12.5 Å². The van der Waals surface area contributed by atoms with Crippen LogP contribution in [0.5, 0.6) is 0 Å². The number of nitrogens with zero attached hydrogens (tertiary/aromatic N) is 2. The average molecular weight is 319 g/mol. The topological polar surface area (TPSA) is 103 Å². The number of aliphatic hydroxyl groups excluding tert-OH is 1. The first-order valence-corrected chi connectivity index (χ1v) is 7.75. The summed E-state index contributed by atoms with van der Waals surface area (Å²) in [5, 5.41) is 26.3. The van der Waals surface area contributed by atoms with Crippen molar-refractivity contribution in [2.45, 2.75) is 31.8 Å². The number of hydrogen-bond donors (Lipinski definition) is 3. The lowest BCUT2D eigenvalue weighted by atomic mass is 9.96. The van der Waals surface area contributed by atoms with E-state index in [9.17, 15) is 15.0 Å². The second-order valence-corrected chi connectivity index (χ2v) is 6.11. The highest BCUT2D eigenvalue weighted by molar-refractivity contribution is 5.93. The van der Waals surface area contributed by atoms with Gasteiger partial charge in [-0.25, -0.2) is 0 Å². The van der Waals surface area contributed by atoms with Crippen LogP contribution in [0, 0.1) is 6.92 Å². The molecule has 3 rings (SSSR count). The molecule has 7 nitrogen and oxygen atoms in total. The average Bonchev–Trinajstić information content (AvgIpc) is 3.14. The molecule has 1 fully saturated rings. The largest absolute Gasteiger partial charge is 0.460 e. The lowest BCUT2D eigenvalue weighted by Gasteiger charge is -2.24. The predicted molar refractivity (Wildman–Crippen MR) is 82.8 cm³/mol. The summed E-state index contributed by atoms with van der Waals surface area (Å²) in [7, 11) is 0. The molecule has 0 bridgehead atoms. The number of rotatable bonds is 3. The fourth-order valence-electron chi connectivity index (χ4n) is 2.84. The number of aliphatic hydroxyl groups is 2. The molecule has 2 aromatic heterocycles. The van der Waals surface area contributed by atoms with Crippen LogP contribution in [0.25, 0.3) is 11.5 Å². The minimum atomic E-state index is -1.09. The summed E-state index contributed by atoms with van der Waals surface area (Å²) in [5.41, 5.74) is -0.107. The molecular weight excluding hydrogens is 298 g/mol. The molecule has 1 aliphatic rings. The molecule has 0 aliphatic carbocycles. The molecule has 23 heavy (non-hydrogen) atoms. The number of aromatic nitrogens is 2. The third-order valence-corrected chi connectivity index (χ3v) is 4.30. The smallest absolute Gasteiger partial charge is 0.274 e. The van der Waals surface area contributed by atoms with Gasteiger partial charge in [-0.15, -0.1) is 0 Å². The number of carbonyl (C=O) groups is 1. The Balaban J connectivity index is 1.72.